The van der Waals surface area contributed by atoms with Gasteiger partial charge in [-0.15, -0.1) is 11.6 Å². The van der Waals surface area contributed by atoms with E-state index in [9.17, 15) is 0 Å². The molecule has 0 aliphatic rings. The summed E-state index contributed by atoms with van der Waals surface area (Å²) < 4.78 is 5.97. The van der Waals surface area contributed by atoms with Gasteiger partial charge in [0, 0.05) is 17.5 Å². The van der Waals surface area contributed by atoms with Crippen LogP contribution in [-0.4, -0.2) is 4.98 Å². The van der Waals surface area contributed by atoms with Crippen molar-refractivity contribution in [2.45, 2.75) is 12.8 Å². The van der Waals surface area contributed by atoms with Crippen molar-refractivity contribution in [2.75, 3.05) is 0 Å². The van der Waals surface area contributed by atoms with E-state index < -0.39 is 0 Å². The highest BCUT2D eigenvalue weighted by Crippen LogP contribution is 2.31. The molecule has 0 saturated heterocycles. The number of nitrogens with zero attached hydrogens (tertiary/aromatic N) is 1. The van der Waals surface area contributed by atoms with E-state index in [0.717, 1.165) is 27.6 Å². The van der Waals surface area contributed by atoms with Crippen LogP contribution >= 0.6 is 11.6 Å². The third kappa shape index (κ3) is 2.35. The second-order valence-electron chi connectivity index (χ2n) is 4.64. The van der Waals surface area contributed by atoms with Crippen molar-refractivity contribution in [1.29, 1.82) is 0 Å². The molecule has 3 heteroatoms. The maximum Gasteiger partial charge on any atom is 0.227 e. The van der Waals surface area contributed by atoms with E-state index in [4.69, 9.17) is 16.3 Å². The molecule has 0 atom stereocenters. The van der Waals surface area contributed by atoms with Crippen LogP contribution in [-0.2, 0) is 5.88 Å². The molecule has 3 aromatic rings. The number of benzene rings is 2. The lowest BCUT2D eigenvalue weighted by atomic mass is 10.1. The Morgan fingerprint density at radius 2 is 1.70 bits per heavy atom. The molecule has 20 heavy (non-hydrogen) atoms. The first-order valence-corrected chi connectivity index (χ1v) is 6.99. The van der Waals surface area contributed by atoms with Crippen LogP contribution in [0.15, 0.2) is 54.7 Å². The minimum Gasteiger partial charge on any atom is -0.438 e. The zero-order chi connectivity index (χ0) is 13.9. The van der Waals surface area contributed by atoms with Crippen LogP contribution < -0.4 is 4.74 Å². The van der Waals surface area contributed by atoms with Crippen LogP contribution in [0.4, 0.5) is 0 Å². The standard InChI is InChI=1S/C17H14ClNO/c1-12-6-2-5-9-16(12)20-17-15-8-4-3-7-14(15)13(10-18)11-19-17/h2-9,11H,10H2,1H3. The van der Waals surface area contributed by atoms with Gasteiger partial charge in [-0.05, 0) is 35.6 Å². The minimum absolute atomic E-state index is 0.443. The normalized spacial score (nSPS) is 10.7. The molecule has 0 fully saturated rings. The molecule has 0 saturated carbocycles. The van der Waals surface area contributed by atoms with Crippen molar-refractivity contribution in [3.63, 3.8) is 0 Å². The second-order valence-corrected chi connectivity index (χ2v) is 4.90. The number of aromatic nitrogens is 1. The number of aryl methyl sites for hydroxylation is 1. The maximum absolute atomic E-state index is 5.97. The molecule has 0 N–H and O–H groups in total. The average Bonchev–Trinajstić information content (AvgIpc) is 2.50. The first-order chi connectivity index (χ1) is 9.79. The van der Waals surface area contributed by atoms with E-state index >= 15 is 0 Å². The zero-order valence-electron chi connectivity index (χ0n) is 11.1. The van der Waals surface area contributed by atoms with Gasteiger partial charge in [0.15, 0.2) is 0 Å². The molecule has 2 nitrogen and oxygen atoms in total. The van der Waals surface area contributed by atoms with Crippen molar-refractivity contribution in [3.8, 4) is 11.6 Å². The third-order valence-electron chi connectivity index (χ3n) is 3.29. The largest absolute Gasteiger partial charge is 0.438 e. The fraction of sp³-hybridized carbons (Fsp3) is 0.118. The van der Waals surface area contributed by atoms with E-state index in [1.54, 1.807) is 6.20 Å². The van der Waals surface area contributed by atoms with Gasteiger partial charge in [0.2, 0.25) is 5.88 Å². The summed E-state index contributed by atoms with van der Waals surface area (Å²) in [6, 6.07) is 15.9. The highest BCUT2D eigenvalue weighted by Gasteiger charge is 2.09. The Bertz CT molecular complexity index is 755. The van der Waals surface area contributed by atoms with Gasteiger partial charge in [-0.2, -0.15) is 0 Å². The quantitative estimate of drug-likeness (QED) is 0.626. The van der Waals surface area contributed by atoms with Crippen LogP contribution in [0.3, 0.4) is 0 Å². The topological polar surface area (TPSA) is 22.1 Å². The Kier molecular flexibility index (Phi) is 3.57. The monoisotopic (exact) mass is 283 g/mol. The lowest BCUT2D eigenvalue weighted by Crippen LogP contribution is -1.93. The lowest BCUT2D eigenvalue weighted by Gasteiger charge is -2.11. The summed E-state index contributed by atoms with van der Waals surface area (Å²) in [6.07, 6.45) is 1.78. The van der Waals surface area contributed by atoms with E-state index in [1.807, 2.05) is 55.5 Å². The predicted molar refractivity (Wildman–Crippen MR) is 82.6 cm³/mol. The molecule has 0 unspecified atom stereocenters. The number of halogens is 1. The summed E-state index contributed by atoms with van der Waals surface area (Å²) in [5, 5.41) is 2.06. The molecule has 0 amide bonds. The van der Waals surface area contributed by atoms with Crippen molar-refractivity contribution >= 4 is 22.4 Å². The van der Waals surface area contributed by atoms with Gasteiger partial charge in [0.25, 0.3) is 0 Å². The first-order valence-electron chi connectivity index (χ1n) is 6.45. The van der Waals surface area contributed by atoms with Crippen molar-refractivity contribution in [1.82, 2.24) is 4.98 Å². The van der Waals surface area contributed by atoms with Crippen LogP contribution in [0, 0.1) is 6.92 Å². The van der Waals surface area contributed by atoms with E-state index in [2.05, 4.69) is 4.98 Å². The Balaban J connectivity index is 2.11. The van der Waals surface area contributed by atoms with E-state index in [0.29, 0.717) is 11.8 Å². The second kappa shape index (κ2) is 5.51. The molecule has 0 spiro atoms. The molecule has 0 aliphatic heterocycles. The van der Waals surface area contributed by atoms with Crippen molar-refractivity contribution in [2.24, 2.45) is 0 Å². The van der Waals surface area contributed by atoms with Gasteiger partial charge in [-0.3, -0.25) is 0 Å². The Morgan fingerprint density at radius 3 is 2.45 bits per heavy atom. The molecule has 1 heterocycles. The fourth-order valence-electron chi connectivity index (χ4n) is 2.19. The van der Waals surface area contributed by atoms with Gasteiger partial charge in [0.05, 0.1) is 0 Å². The van der Waals surface area contributed by atoms with E-state index in [1.165, 1.54) is 0 Å². The summed E-state index contributed by atoms with van der Waals surface area (Å²) in [7, 11) is 0. The Labute approximate surface area is 123 Å². The van der Waals surface area contributed by atoms with E-state index in [-0.39, 0.29) is 0 Å². The molecule has 0 aliphatic carbocycles. The van der Waals surface area contributed by atoms with Gasteiger partial charge in [0.1, 0.15) is 5.75 Å². The van der Waals surface area contributed by atoms with Crippen molar-refractivity contribution < 1.29 is 4.74 Å². The number of para-hydroxylation sites is 1. The van der Waals surface area contributed by atoms with Crippen LogP contribution in [0.25, 0.3) is 10.8 Å². The van der Waals surface area contributed by atoms with Gasteiger partial charge in [-0.25, -0.2) is 4.98 Å². The van der Waals surface area contributed by atoms with Gasteiger partial charge >= 0.3 is 0 Å². The Morgan fingerprint density at radius 1 is 1.00 bits per heavy atom. The number of hydrogen-bond donors (Lipinski definition) is 0. The minimum atomic E-state index is 0.443. The molecule has 3 rings (SSSR count). The highest BCUT2D eigenvalue weighted by molar-refractivity contribution is 6.18. The number of pyridine rings is 1. The number of rotatable bonds is 3. The first kappa shape index (κ1) is 12.9. The summed E-state index contributed by atoms with van der Waals surface area (Å²) in [5.74, 6) is 1.88. The molecular formula is C17H14ClNO. The summed E-state index contributed by atoms with van der Waals surface area (Å²) in [6.45, 7) is 2.02. The van der Waals surface area contributed by atoms with Crippen LogP contribution in [0.5, 0.6) is 11.6 Å². The molecule has 1 aromatic heterocycles. The molecule has 2 aromatic carbocycles. The number of hydrogen-bond acceptors (Lipinski definition) is 2. The summed E-state index contributed by atoms with van der Waals surface area (Å²) in [4.78, 5) is 4.41. The van der Waals surface area contributed by atoms with Crippen LogP contribution in [0.2, 0.25) is 0 Å². The number of fused-ring (bicyclic) bond motifs is 1. The zero-order valence-corrected chi connectivity index (χ0v) is 11.9. The molecule has 0 radical (unpaired) electrons. The lowest BCUT2D eigenvalue weighted by molar-refractivity contribution is 0.465. The SMILES string of the molecule is Cc1ccccc1Oc1ncc(CCl)c2ccccc12. The fourth-order valence-corrected chi connectivity index (χ4v) is 2.40. The third-order valence-corrected chi connectivity index (χ3v) is 3.57. The molecule has 100 valence electrons. The Hall–Kier alpha value is -2.06. The van der Waals surface area contributed by atoms with Gasteiger partial charge in [-0.1, -0.05) is 36.4 Å². The number of ether oxygens (including phenoxy) is 1. The highest BCUT2D eigenvalue weighted by atomic mass is 35.5. The summed E-state index contributed by atoms with van der Waals surface area (Å²) >= 11 is 5.96. The molecular weight excluding hydrogens is 270 g/mol. The predicted octanol–water partition coefficient (Wildman–Crippen LogP) is 5.07. The number of alkyl halides is 1. The van der Waals surface area contributed by atoms with Gasteiger partial charge < -0.3 is 4.74 Å². The average molecular weight is 284 g/mol. The van der Waals surface area contributed by atoms with Crippen molar-refractivity contribution in [3.05, 3.63) is 65.9 Å². The smallest absolute Gasteiger partial charge is 0.227 e. The maximum atomic E-state index is 5.97. The summed E-state index contributed by atoms with van der Waals surface area (Å²) in [5.41, 5.74) is 2.10. The van der Waals surface area contributed by atoms with Crippen LogP contribution in [0.1, 0.15) is 11.1 Å². The molecule has 0 bridgehead atoms.